The third-order valence-corrected chi connectivity index (χ3v) is 3.48. The molecule has 0 unspecified atom stereocenters. The Kier molecular flexibility index (Phi) is 4.61. The Hall–Kier alpha value is -2.03. The zero-order valence-corrected chi connectivity index (χ0v) is 12.3. The van der Waals surface area contributed by atoms with Gasteiger partial charge in [0.15, 0.2) is 6.10 Å². The molecule has 106 valence electrons. The molecular weight excluding hydrogens is 250 g/mol. The van der Waals surface area contributed by atoms with Crippen molar-refractivity contribution in [3.63, 3.8) is 0 Å². The molecule has 0 radical (unpaired) electrons. The Morgan fingerprint density at radius 1 is 1.10 bits per heavy atom. The molecule has 0 aromatic heterocycles. The van der Waals surface area contributed by atoms with Gasteiger partial charge in [0, 0.05) is 18.5 Å². The lowest BCUT2D eigenvalue weighted by Crippen LogP contribution is -2.40. The number of rotatable bonds is 5. The molecule has 2 aromatic carbocycles. The summed E-state index contributed by atoms with van der Waals surface area (Å²) >= 11 is 0. The van der Waals surface area contributed by atoms with Gasteiger partial charge in [-0.3, -0.25) is 4.79 Å². The van der Waals surface area contributed by atoms with Crippen LogP contribution in [0.15, 0.2) is 42.5 Å². The quantitative estimate of drug-likeness (QED) is 0.833. The number of fused-ring (bicyclic) bond motifs is 1. The standard InChI is InChI=1S/C17H21NO2/c1-4-18(5-2)17(19)13(3)20-16-12-8-10-14-9-6-7-11-15(14)16/h6-13H,4-5H2,1-3H3/t13-/m0/s1. The van der Waals surface area contributed by atoms with Crippen LogP contribution in [0, 0.1) is 0 Å². The number of nitrogens with zero attached hydrogens (tertiary/aromatic N) is 1. The van der Waals surface area contributed by atoms with E-state index < -0.39 is 6.10 Å². The van der Waals surface area contributed by atoms with Gasteiger partial charge in [-0.25, -0.2) is 0 Å². The minimum absolute atomic E-state index is 0.0305. The Morgan fingerprint density at radius 2 is 1.75 bits per heavy atom. The molecule has 2 rings (SSSR count). The van der Waals surface area contributed by atoms with Crippen molar-refractivity contribution >= 4 is 16.7 Å². The maximum Gasteiger partial charge on any atom is 0.263 e. The summed E-state index contributed by atoms with van der Waals surface area (Å²) in [4.78, 5) is 14.0. The molecule has 0 heterocycles. The molecule has 0 bridgehead atoms. The molecule has 0 saturated heterocycles. The average Bonchev–Trinajstić information content (AvgIpc) is 2.48. The smallest absolute Gasteiger partial charge is 0.263 e. The second kappa shape index (κ2) is 6.42. The first-order chi connectivity index (χ1) is 9.67. The molecule has 3 heteroatoms. The normalized spacial score (nSPS) is 12.2. The van der Waals surface area contributed by atoms with E-state index in [4.69, 9.17) is 4.74 Å². The minimum Gasteiger partial charge on any atom is -0.480 e. The number of benzene rings is 2. The van der Waals surface area contributed by atoms with Crippen LogP contribution in [0.3, 0.4) is 0 Å². The zero-order chi connectivity index (χ0) is 14.5. The molecule has 2 aromatic rings. The van der Waals surface area contributed by atoms with E-state index >= 15 is 0 Å². The van der Waals surface area contributed by atoms with Crippen LogP contribution in [-0.4, -0.2) is 30.0 Å². The average molecular weight is 271 g/mol. The summed E-state index contributed by atoms with van der Waals surface area (Å²) in [6.45, 7) is 7.18. The molecule has 1 amide bonds. The first-order valence-electron chi connectivity index (χ1n) is 7.10. The van der Waals surface area contributed by atoms with Crippen LogP contribution in [0.25, 0.3) is 10.8 Å². The summed E-state index contributed by atoms with van der Waals surface area (Å²) in [7, 11) is 0. The molecule has 0 aliphatic carbocycles. The Balaban J connectivity index is 2.22. The third kappa shape index (κ3) is 2.93. The highest BCUT2D eigenvalue weighted by Gasteiger charge is 2.20. The van der Waals surface area contributed by atoms with Crippen molar-refractivity contribution in [3.05, 3.63) is 42.5 Å². The number of amides is 1. The lowest BCUT2D eigenvalue weighted by molar-refractivity contribution is -0.137. The number of hydrogen-bond acceptors (Lipinski definition) is 2. The van der Waals surface area contributed by atoms with Gasteiger partial charge in [0.25, 0.3) is 5.91 Å². The Morgan fingerprint density at radius 3 is 2.45 bits per heavy atom. The van der Waals surface area contributed by atoms with Crippen LogP contribution in [0.1, 0.15) is 20.8 Å². The Labute approximate surface area is 120 Å². The van der Waals surface area contributed by atoms with E-state index in [-0.39, 0.29) is 5.91 Å². The lowest BCUT2D eigenvalue weighted by Gasteiger charge is -2.23. The second-order valence-electron chi connectivity index (χ2n) is 4.75. The predicted octanol–water partition coefficient (Wildman–Crippen LogP) is 3.48. The van der Waals surface area contributed by atoms with Gasteiger partial charge in [-0.1, -0.05) is 36.4 Å². The molecule has 0 spiro atoms. The number of ether oxygens (including phenoxy) is 1. The fourth-order valence-electron chi connectivity index (χ4n) is 2.33. The highest BCUT2D eigenvalue weighted by molar-refractivity contribution is 5.89. The van der Waals surface area contributed by atoms with Crippen LogP contribution >= 0.6 is 0 Å². The van der Waals surface area contributed by atoms with E-state index in [1.54, 1.807) is 4.90 Å². The van der Waals surface area contributed by atoms with E-state index in [2.05, 4.69) is 0 Å². The van der Waals surface area contributed by atoms with Gasteiger partial charge < -0.3 is 9.64 Å². The van der Waals surface area contributed by atoms with E-state index in [9.17, 15) is 4.79 Å². The van der Waals surface area contributed by atoms with Crippen LogP contribution in [-0.2, 0) is 4.79 Å². The molecule has 0 fully saturated rings. The van der Waals surface area contributed by atoms with E-state index in [1.807, 2.05) is 63.2 Å². The maximum atomic E-state index is 12.2. The minimum atomic E-state index is -0.472. The van der Waals surface area contributed by atoms with Crippen LogP contribution in [0.2, 0.25) is 0 Å². The number of likely N-dealkylation sites (N-methyl/N-ethyl adjacent to an activating group) is 1. The van der Waals surface area contributed by atoms with Gasteiger partial charge in [0.05, 0.1) is 0 Å². The van der Waals surface area contributed by atoms with Crippen LogP contribution in [0.4, 0.5) is 0 Å². The van der Waals surface area contributed by atoms with Crippen molar-refractivity contribution in [2.75, 3.05) is 13.1 Å². The molecule has 0 aliphatic heterocycles. The highest BCUT2D eigenvalue weighted by Crippen LogP contribution is 2.26. The van der Waals surface area contributed by atoms with Crippen molar-refractivity contribution in [3.8, 4) is 5.75 Å². The molecule has 1 atom stereocenters. The number of carbonyl (C=O) groups is 1. The zero-order valence-electron chi connectivity index (χ0n) is 12.3. The second-order valence-corrected chi connectivity index (χ2v) is 4.75. The molecule has 0 N–H and O–H groups in total. The molecule has 3 nitrogen and oxygen atoms in total. The number of carbonyl (C=O) groups excluding carboxylic acids is 1. The molecular formula is C17H21NO2. The van der Waals surface area contributed by atoms with Gasteiger partial charge in [-0.15, -0.1) is 0 Å². The summed E-state index contributed by atoms with van der Waals surface area (Å²) in [6, 6.07) is 13.9. The predicted molar refractivity (Wildman–Crippen MR) is 82.0 cm³/mol. The highest BCUT2D eigenvalue weighted by atomic mass is 16.5. The lowest BCUT2D eigenvalue weighted by atomic mass is 10.1. The van der Waals surface area contributed by atoms with Gasteiger partial charge >= 0.3 is 0 Å². The first-order valence-corrected chi connectivity index (χ1v) is 7.10. The van der Waals surface area contributed by atoms with Crippen molar-refractivity contribution < 1.29 is 9.53 Å². The summed E-state index contributed by atoms with van der Waals surface area (Å²) in [5.74, 6) is 0.791. The largest absolute Gasteiger partial charge is 0.480 e. The third-order valence-electron chi connectivity index (χ3n) is 3.48. The van der Waals surface area contributed by atoms with Crippen molar-refractivity contribution in [1.82, 2.24) is 4.90 Å². The molecule has 20 heavy (non-hydrogen) atoms. The number of hydrogen-bond donors (Lipinski definition) is 0. The van der Waals surface area contributed by atoms with E-state index in [0.29, 0.717) is 13.1 Å². The first kappa shape index (κ1) is 14.4. The van der Waals surface area contributed by atoms with E-state index in [1.165, 1.54) is 0 Å². The van der Waals surface area contributed by atoms with Gasteiger partial charge in [-0.05, 0) is 32.2 Å². The van der Waals surface area contributed by atoms with E-state index in [0.717, 1.165) is 16.5 Å². The topological polar surface area (TPSA) is 29.5 Å². The van der Waals surface area contributed by atoms with Gasteiger partial charge in [0.1, 0.15) is 5.75 Å². The summed E-state index contributed by atoms with van der Waals surface area (Å²) in [6.07, 6.45) is -0.472. The van der Waals surface area contributed by atoms with Crippen LogP contribution < -0.4 is 4.74 Å². The fourth-order valence-corrected chi connectivity index (χ4v) is 2.33. The van der Waals surface area contributed by atoms with Crippen molar-refractivity contribution in [2.45, 2.75) is 26.9 Å². The fraction of sp³-hybridized carbons (Fsp3) is 0.353. The van der Waals surface area contributed by atoms with Crippen LogP contribution in [0.5, 0.6) is 5.75 Å². The molecule has 0 aliphatic rings. The Bertz CT molecular complexity index is 585. The summed E-state index contributed by atoms with van der Waals surface area (Å²) in [5.41, 5.74) is 0. The van der Waals surface area contributed by atoms with Crippen molar-refractivity contribution in [2.24, 2.45) is 0 Å². The van der Waals surface area contributed by atoms with Gasteiger partial charge in [0.2, 0.25) is 0 Å². The monoisotopic (exact) mass is 271 g/mol. The van der Waals surface area contributed by atoms with Crippen molar-refractivity contribution in [1.29, 1.82) is 0 Å². The summed E-state index contributed by atoms with van der Waals surface area (Å²) < 4.78 is 5.88. The molecule has 0 saturated carbocycles. The SMILES string of the molecule is CCN(CC)C(=O)[C@H](C)Oc1cccc2ccccc12. The summed E-state index contributed by atoms with van der Waals surface area (Å²) in [5, 5.41) is 2.15. The van der Waals surface area contributed by atoms with Gasteiger partial charge in [-0.2, -0.15) is 0 Å². The maximum absolute atomic E-state index is 12.2.